The summed E-state index contributed by atoms with van der Waals surface area (Å²) in [7, 11) is 1.61. The molecular formula is C19H18CaN2O6. The molecule has 0 saturated carbocycles. The molecule has 2 aromatic rings. The summed E-state index contributed by atoms with van der Waals surface area (Å²) in [6.07, 6.45) is -1.12. The van der Waals surface area contributed by atoms with Crippen LogP contribution >= 0.6 is 0 Å². The fraction of sp³-hybridized carbons (Fsp3) is 0.263. The van der Waals surface area contributed by atoms with Crippen LogP contribution in [0.15, 0.2) is 36.4 Å². The number of carboxylic acid groups (broad SMARTS) is 2. The van der Waals surface area contributed by atoms with Gasteiger partial charge in [0, 0.05) is 30.7 Å². The van der Waals surface area contributed by atoms with Crippen molar-refractivity contribution in [2.75, 3.05) is 0 Å². The second-order valence-corrected chi connectivity index (χ2v) is 6.16. The van der Waals surface area contributed by atoms with Crippen LogP contribution in [0.4, 0.5) is 0 Å². The van der Waals surface area contributed by atoms with Gasteiger partial charge in [0.05, 0.1) is 24.1 Å². The Morgan fingerprint density at radius 2 is 1.64 bits per heavy atom. The molecule has 1 heterocycles. The van der Waals surface area contributed by atoms with Crippen LogP contribution in [0.2, 0.25) is 0 Å². The van der Waals surface area contributed by atoms with E-state index < -0.39 is 30.3 Å². The molecule has 1 atom stereocenters. The van der Waals surface area contributed by atoms with Crippen molar-refractivity contribution in [1.82, 2.24) is 9.88 Å². The topological polar surface area (TPSA) is 131 Å². The molecule has 1 unspecified atom stereocenters. The Balaban J connectivity index is 0.00000392. The Morgan fingerprint density at radius 1 is 1.04 bits per heavy atom. The van der Waals surface area contributed by atoms with E-state index in [-0.39, 0.29) is 49.9 Å². The first-order chi connectivity index (χ1) is 12.7. The number of ketones is 1. The molecule has 0 aliphatic heterocycles. The molecule has 0 aliphatic carbocycles. The molecule has 1 aromatic carbocycles. The summed E-state index contributed by atoms with van der Waals surface area (Å²) in [6, 6.07) is 8.53. The van der Waals surface area contributed by atoms with Gasteiger partial charge in [0.15, 0.2) is 0 Å². The van der Waals surface area contributed by atoms with E-state index in [1.54, 1.807) is 31.3 Å². The first-order valence-corrected chi connectivity index (χ1v) is 8.15. The molecule has 8 nitrogen and oxygen atoms in total. The largest absolute Gasteiger partial charge is 2.00 e. The number of rotatable bonds is 8. The van der Waals surface area contributed by atoms with Crippen molar-refractivity contribution in [2.45, 2.75) is 25.8 Å². The Kier molecular flexibility index (Phi) is 8.87. The molecule has 0 saturated heterocycles. The smallest absolute Gasteiger partial charge is 0.550 e. The van der Waals surface area contributed by atoms with Crippen LogP contribution < -0.4 is 15.5 Å². The molecule has 0 aliphatic rings. The van der Waals surface area contributed by atoms with E-state index in [9.17, 15) is 29.4 Å². The molecule has 0 bridgehead atoms. The van der Waals surface area contributed by atoms with E-state index in [1.165, 1.54) is 4.57 Å². The minimum atomic E-state index is -1.71. The first kappa shape index (κ1) is 23.9. The summed E-state index contributed by atoms with van der Waals surface area (Å²) in [5.74, 6) is -4.25. The maximum absolute atomic E-state index is 12.6. The quantitative estimate of drug-likeness (QED) is 0.400. The van der Waals surface area contributed by atoms with Crippen LogP contribution in [0.5, 0.6) is 0 Å². The van der Waals surface area contributed by atoms with E-state index >= 15 is 0 Å². The Hall–Kier alpha value is -2.16. The molecule has 0 radical (unpaired) electrons. The zero-order valence-electron chi connectivity index (χ0n) is 15.6. The molecule has 2 rings (SSSR count). The number of nitrogens with one attached hydrogen (secondary N) is 1. The number of aromatic nitrogens is 1. The molecule has 1 amide bonds. The maximum Gasteiger partial charge on any atom is 2.00 e. The normalized spacial score (nSPS) is 11.2. The van der Waals surface area contributed by atoms with Gasteiger partial charge in [-0.15, -0.1) is 0 Å². The summed E-state index contributed by atoms with van der Waals surface area (Å²) < 4.78 is 1.54. The van der Waals surface area contributed by atoms with Gasteiger partial charge in [0.1, 0.15) is 0 Å². The number of hydrogen-bond acceptors (Lipinski definition) is 6. The van der Waals surface area contributed by atoms with Gasteiger partial charge in [-0.1, -0.05) is 29.8 Å². The standard InChI is InChI=1S/C19H20N2O6.Ca/c1-11-3-5-12(6-4-11)18(25)15-8-7-13(21(15)2)9-16(22)20-14(19(26)27)10-17(23)24;/h3-8,14H,9-10H2,1-2H3,(H,20,22)(H,23,24)(H,26,27);/q;+2/p-2. The monoisotopic (exact) mass is 410 g/mol. The summed E-state index contributed by atoms with van der Waals surface area (Å²) in [5.41, 5.74) is 2.36. The number of carbonyl (C=O) groups excluding carboxylic acids is 4. The van der Waals surface area contributed by atoms with Crippen LogP contribution in [0.3, 0.4) is 0 Å². The number of amides is 1. The molecular weight excluding hydrogens is 392 g/mol. The fourth-order valence-electron chi connectivity index (χ4n) is 2.58. The van der Waals surface area contributed by atoms with Crippen molar-refractivity contribution in [3.05, 3.63) is 58.9 Å². The van der Waals surface area contributed by atoms with Crippen molar-refractivity contribution in [1.29, 1.82) is 0 Å². The Bertz CT molecular complexity index is 888. The fourth-order valence-corrected chi connectivity index (χ4v) is 2.58. The minimum Gasteiger partial charge on any atom is -0.550 e. The van der Waals surface area contributed by atoms with Gasteiger partial charge in [-0.3, -0.25) is 9.59 Å². The molecule has 1 N–H and O–H groups in total. The van der Waals surface area contributed by atoms with Gasteiger partial charge in [-0.05, 0) is 19.1 Å². The second kappa shape index (κ2) is 10.4. The molecule has 1 aromatic heterocycles. The van der Waals surface area contributed by atoms with E-state index in [4.69, 9.17) is 0 Å². The molecule has 0 fully saturated rings. The summed E-state index contributed by atoms with van der Waals surface area (Å²) in [4.78, 5) is 46.1. The zero-order valence-corrected chi connectivity index (χ0v) is 17.8. The predicted octanol–water partition coefficient (Wildman–Crippen LogP) is -1.90. The molecule has 0 spiro atoms. The summed E-state index contributed by atoms with van der Waals surface area (Å²) in [6.45, 7) is 1.91. The average molecular weight is 410 g/mol. The molecule has 9 heteroatoms. The third-order valence-corrected chi connectivity index (χ3v) is 4.10. The third-order valence-electron chi connectivity index (χ3n) is 4.10. The van der Waals surface area contributed by atoms with Gasteiger partial charge in [0.2, 0.25) is 11.7 Å². The predicted molar refractivity (Wildman–Crippen MR) is 96.0 cm³/mol. The molecule has 28 heavy (non-hydrogen) atoms. The SMILES string of the molecule is Cc1ccc(C(=O)c2ccc(CC(=O)NC(CC(=O)[O-])C(=O)[O-])n2C)cc1.[Ca+2]. The number of hydrogen-bond donors (Lipinski definition) is 1. The Morgan fingerprint density at radius 3 is 2.18 bits per heavy atom. The van der Waals surface area contributed by atoms with Crippen molar-refractivity contribution in [3.8, 4) is 0 Å². The van der Waals surface area contributed by atoms with E-state index in [2.05, 4.69) is 5.32 Å². The van der Waals surface area contributed by atoms with Crippen molar-refractivity contribution in [3.63, 3.8) is 0 Å². The van der Waals surface area contributed by atoms with E-state index in [0.717, 1.165) is 5.56 Å². The number of carboxylic acids is 2. The van der Waals surface area contributed by atoms with Crippen LogP contribution in [0, 0.1) is 6.92 Å². The van der Waals surface area contributed by atoms with Crippen LogP contribution in [-0.2, 0) is 27.9 Å². The average Bonchev–Trinajstić information content (AvgIpc) is 2.94. The zero-order chi connectivity index (χ0) is 20.1. The minimum absolute atomic E-state index is 0. The molecule has 142 valence electrons. The van der Waals surface area contributed by atoms with E-state index in [1.807, 2.05) is 19.1 Å². The second-order valence-electron chi connectivity index (χ2n) is 6.16. The number of aliphatic carboxylic acids is 2. The van der Waals surface area contributed by atoms with Crippen LogP contribution in [0.25, 0.3) is 0 Å². The number of nitrogens with zero attached hydrogens (tertiary/aromatic N) is 1. The van der Waals surface area contributed by atoms with Crippen molar-refractivity contribution >= 4 is 61.4 Å². The van der Waals surface area contributed by atoms with Crippen molar-refractivity contribution < 1.29 is 29.4 Å². The van der Waals surface area contributed by atoms with Crippen molar-refractivity contribution in [2.24, 2.45) is 7.05 Å². The summed E-state index contributed by atoms with van der Waals surface area (Å²) in [5, 5.41) is 23.5. The number of benzene rings is 1. The summed E-state index contributed by atoms with van der Waals surface area (Å²) >= 11 is 0. The van der Waals surface area contributed by atoms with Gasteiger partial charge >= 0.3 is 37.7 Å². The number of aryl methyl sites for hydroxylation is 1. The van der Waals surface area contributed by atoms with Gasteiger partial charge in [-0.2, -0.15) is 0 Å². The van der Waals surface area contributed by atoms with Gasteiger partial charge in [-0.25, -0.2) is 0 Å². The Labute approximate surface area is 191 Å². The van der Waals surface area contributed by atoms with E-state index in [0.29, 0.717) is 17.0 Å². The maximum atomic E-state index is 12.6. The van der Waals surface area contributed by atoms with Crippen LogP contribution in [0.1, 0.15) is 33.7 Å². The third kappa shape index (κ3) is 6.19. The van der Waals surface area contributed by atoms with Gasteiger partial charge < -0.3 is 29.7 Å². The van der Waals surface area contributed by atoms with Gasteiger partial charge in [0.25, 0.3) is 0 Å². The first-order valence-electron chi connectivity index (χ1n) is 8.15. The van der Waals surface area contributed by atoms with Crippen LogP contribution in [-0.4, -0.2) is 72.0 Å². The number of carbonyl (C=O) groups is 4.